The van der Waals surface area contributed by atoms with Gasteiger partial charge in [-0.3, -0.25) is 4.79 Å². The maximum atomic E-state index is 11.1. The number of aliphatic carboxylic acids is 1. The van der Waals surface area contributed by atoms with E-state index in [1.54, 1.807) is 0 Å². The van der Waals surface area contributed by atoms with Gasteiger partial charge in [0.1, 0.15) is 0 Å². The van der Waals surface area contributed by atoms with Crippen LogP contribution in [0.3, 0.4) is 0 Å². The van der Waals surface area contributed by atoms with Crippen molar-refractivity contribution in [3.8, 4) is 0 Å². The van der Waals surface area contributed by atoms with Crippen molar-refractivity contribution in [2.24, 2.45) is 11.8 Å². The molecule has 1 saturated carbocycles. The highest BCUT2D eigenvalue weighted by Crippen LogP contribution is 2.30. The first-order valence-electron chi connectivity index (χ1n) is 5.28. The lowest BCUT2D eigenvalue weighted by Gasteiger charge is -2.14. The summed E-state index contributed by atoms with van der Waals surface area (Å²) in [5, 5.41) is 11.0. The van der Waals surface area contributed by atoms with Gasteiger partial charge in [-0.1, -0.05) is 19.8 Å². The SMILES string of the molecule is CC1CCCC1CNC(=O)/C=C/C(=O)O. The second-order valence-electron chi connectivity index (χ2n) is 4.08. The molecule has 0 aromatic heterocycles. The fourth-order valence-corrected chi connectivity index (χ4v) is 1.96. The Morgan fingerprint density at radius 2 is 2.13 bits per heavy atom. The molecule has 0 spiro atoms. The number of hydrogen-bond acceptors (Lipinski definition) is 2. The summed E-state index contributed by atoms with van der Waals surface area (Å²) in [6, 6.07) is 0. The van der Waals surface area contributed by atoms with E-state index in [0.29, 0.717) is 18.4 Å². The lowest BCUT2D eigenvalue weighted by molar-refractivity contribution is -0.131. The Morgan fingerprint density at radius 3 is 2.67 bits per heavy atom. The number of amides is 1. The van der Waals surface area contributed by atoms with Crippen LogP contribution in [0.2, 0.25) is 0 Å². The van der Waals surface area contributed by atoms with Crippen molar-refractivity contribution in [2.75, 3.05) is 6.54 Å². The van der Waals surface area contributed by atoms with Gasteiger partial charge in [0.2, 0.25) is 5.91 Å². The smallest absolute Gasteiger partial charge is 0.328 e. The quantitative estimate of drug-likeness (QED) is 0.686. The Labute approximate surface area is 89.4 Å². The summed E-state index contributed by atoms with van der Waals surface area (Å²) in [6.07, 6.45) is 5.53. The third-order valence-corrected chi connectivity index (χ3v) is 2.95. The summed E-state index contributed by atoms with van der Waals surface area (Å²) in [5.74, 6) is -0.211. The molecule has 2 unspecified atom stereocenters. The van der Waals surface area contributed by atoms with Crippen molar-refractivity contribution in [3.05, 3.63) is 12.2 Å². The standard InChI is InChI=1S/C11H17NO3/c1-8-3-2-4-9(8)7-12-10(13)5-6-11(14)15/h5-6,8-9H,2-4,7H2,1H3,(H,12,13)(H,14,15)/b6-5+. The predicted molar refractivity (Wildman–Crippen MR) is 56.3 cm³/mol. The van der Waals surface area contributed by atoms with Crippen LogP contribution in [0.25, 0.3) is 0 Å². The van der Waals surface area contributed by atoms with Crippen LogP contribution in [-0.4, -0.2) is 23.5 Å². The fraction of sp³-hybridized carbons (Fsp3) is 0.636. The van der Waals surface area contributed by atoms with E-state index in [-0.39, 0.29) is 5.91 Å². The van der Waals surface area contributed by atoms with Crippen molar-refractivity contribution in [2.45, 2.75) is 26.2 Å². The Kier molecular flexibility index (Phi) is 4.34. The molecule has 0 saturated heterocycles. The summed E-state index contributed by atoms with van der Waals surface area (Å²) in [4.78, 5) is 21.3. The van der Waals surface area contributed by atoms with Crippen molar-refractivity contribution < 1.29 is 14.7 Å². The van der Waals surface area contributed by atoms with Crippen LogP contribution in [0.4, 0.5) is 0 Å². The molecule has 84 valence electrons. The zero-order chi connectivity index (χ0) is 11.3. The molecule has 1 aliphatic rings. The van der Waals surface area contributed by atoms with Crippen molar-refractivity contribution >= 4 is 11.9 Å². The zero-order valence-corrected chi connectivity index (χ0v) is 8.90. The van der Waals surface area contributed by atoms with Crippen LogP contribution < -0.4 is 5.32 Å². The minimum Gasteiger partial charge on any atom is -0.478 e. The summed E-state index contributed by atoms with van der Waals surface area (Å²) in [6.45, 7) is 2.85. The predicted octanol–water partition coefficient (Wildman–Crippen LogP) is 1.18. The molecule has 0 aromatic carbocycles. The van der Waals surface area contributed by atoms with Crippen LogP contribution in [0.15, 0.2) is 12.2 Å². The van der Waals surface area contributed by atoms with Crippen molar-refractivity contribution in [1.82, 2.24) is 5.32 Å². The average molecular weight is 211 g/mol. The van der Waals surface area contributed by atoms with E-state index in [2.05, 4.69) is 12.2 Å². The molecular formula is C11H17NO3. The van der Waals surface area contributed by atoms with Gasteiger partial charge in [0.15, 0.2) is 0 Å². The van der Waals surface area contributed by atoms with Crippen LogP contribution in [0.5, 0.6) is 0 Å². The average Bonchev–Trinajstić information content (AvgIpc) is 2.58. The highest BCUT2D eigenvalue weighted by atomic mass is 16.4. The van der Waals surface area contributed by atoms with Crippen LogP contribution in [-0.2, 0) is 9.59 Å². The molecule has 0 aliphatic heterocycles. The second-order valence-corrected chi connectivity index (χ2v) is 4.08. The molecule has 1 fully saturated rings. The van der Waals surface area contributed by atoms with Gasteiger partial charge in [-0.15, -0.1) is 0 Å². The summed E-state index contributed by atoms with van der Waals surface area (Å²) in [5.41, 5.74) is 0. The number of carboxylic acids is 1. The molecule has 15 heavy (non-hydrogen) atoms. The highest BCUT2D eigenvalue weighted by Gasteiger charge is 2.23. The lowest BCUT2D eigenvalue weighted by Crippen LogP contribution is -2.28. The molecule has 2 N–H and O–H groups in total. The molecule has 2 atom stereocenters. The van der Waals surface area contributed by atoms with E-state index >= 15 is 0 Å². The number of carboxylic acid groups (broad SMARTS) is 1. The van der Waals surface area contributed by atoms with Crippen LogP contribution >= 0.6 is 0 Å². The molecule has 1 rings (SSSR count). The molecule has 0 aromatic rings. The molecule has 1 aliphatic carbocycles. The van der Waals surface area contributed by atoms with Crippen LogP contribution in [0.1, 0.15) is 26.2 Å². The Hall–Kier alpha value is -1.32. The first-order valence-corrected chi connectivity index (χ1v) is 5.28. The minimum absolute atomic E-state index is 0.323. The van der Waals surface area contributed by atoms with Crippen LogP contribution in [0, 0.1) is 11.8 Å². The molecule has 4 heteroatoms. The van der Waals surface area contributed by atoms with E-state index in [4.69, 9.17) is 5.11 Å². The van der Waals surface area contributed by atoms with E-state index in [9.17, 15) is 9.59 Å². The van der Waals surface area contributed by atoms with Gasteiger partial charge >= 0.3 is 5.97 Å². The number of rotatable bonds is 4. The largest absolute Gasteiger partial charge is 0.478 e. The van der Waals surface area contributed by atoms with Gasteiger partial charge in [-0.25, -0.2) is 4.79 Å². The highest BCUT2D eigenvalue weighted by molar-refractivity contribution is 5.93. The zero-order valence-electron chi connectivity index (χ0n) is 8.90. The number of carbonyl (C=O) groups excluding carboxylic acids is 1. The molecule has 0 radical (unpaired) electrons. The number of hydrogen-bond donors (Lipinski definition) is 2. The Morgan fingerprint density at radius 1 is 1.40 bits per heavy atom. The summed E-state index contributed by atoms with van der Waals surface area (Å²) < 4.78 is 0. The number of carbonyl (C=O) groups is 2. The Balaban J connectivity index is 2.24. The third-order valence-electron chi connectivity index (χ3n) is 2.95. The molecule has 0 heterocycles. The van der Waals surface area contributed by atoms with Crippen molar-refractivity contribution in [1.29, 1.82) is 0 Å². The monoisotopic (exact) mass is 211 g/mol. The maximum absolute atomic E-state index is 11.1. The summed E-state index contributed by atoms with van der Waals surface area (Å²) in [7, 11) is 0. The van der Waals surface area contributed by atoms with Gasteiger partial charge in [0.05, 0.1) is 0 Å². The topological polar surface area (TPSA) is 66.4 Å². The Bertz CT molecular complexity index is 273. The fourth-order valence-electron chi connectivity index (χ4n) is 1.96. The first kappa shape index (κ1) is 11.8. The van der Waals surface area contributed by atoms with E-state index in [1.807, 2.05) is 0 Å². The van der Waals surface area contributed by atoms with E-state index in [0.717, 1.165) is 18.6 Å². The minimum atomic E-state index is -1.10. The van der Waals surface area contributed by atoms with E-state index in [1.165, 1.54) is 12.8 Å². The van der Waals surface area contributed by atoms with Gasteiger partial charge in [-0.05, 0) is 18.3 Å². The first-order chi connectivity index (χ1) is 7.09. The third kappa shape index (κ3) is 4.14. The normalized spacial score (nSPS) is 25.7. The molecule has 4 nitrogen and oxygen atoms in total. The van der Waals surface area contributed by atoms with Gasteiger partial charge in [-0.2, -0.15) is 0 Å². The number of nitrogens with one attached hydrogen (secondary N) is 1. The van der Waals surface area contributed by atoms with Gasteiger partial charge in [0, 0.05) is 18.7 Å². The van der Waals surface area contributed by atoms with E-state index < -0.39 is 5.97 Å². The van der Waals surface area contributed by atoms with Crippen molar-refractivity contribution in [3.63, 3.8) is 0 Å². The molecule has 0 bridgehead atoms. The van der Waals surface area contributed by atoms with Gasteiger partial charge < -0.3 is 10.4 Å². The molecular weight excluding hydrogens is 194 g/mol. The lowest BCUT2D eigenvalue weighted by atomic mass is 9.98. The van der Waals surface area contributed by atoms with Gasteiger partial charge in [0.25, 0.3) is 0 Å². The second kappa shape index (κ2) is 5.53. The molecule has 1 amide bonds. The maximum Gasteiger partial charge on any atom is 0.328 e. The summed E-state index contributed by atoms with van der Waals surface area (Å²) >= 11 is 0.